The normalized spacial score (nSPS) is 44.2. The van der Waals surface area contributed by atoms with Crippen LogP contribution < -0.4 is 0 Å². The Labute approximate surface area is 57.0 Å². The van der Waals surface area contributed by atoms with Gasteiger partial charge in [-0.1, -0.05) is 19.9 Å². The third-order valence-electron chi connectivity index (χ3n) is 3.19. The first kappa shape index (κ1) is 5.52. The van der Waals surface area contributed by atoms with Crippen LogP contribution in [0, 0.1) is 23.3 Å². The van der Waals surface area contributed by atoms with Crippen molar-refractivity contribution >= 4 is 0 Å². The molecule has 0 aromatic carbocycles. The van der Waals surface area contributed by atoms with E-state index in [1.165, 1.54) is 12.8 Å². The second-order valence-corrected chi connectivity index (χ2v) is 3.91. The van der Waals surface area contributed by atoms with Gasteiger partial charge in [-0.25, -0.2) is 0 Å². The molecule has 0 saturated heterocycles. The lowest BCUT2D eigenvalue weighted by Gasteiger charge is -2.53. The highest BCUT2D eigenvalue weighted by Gasteiger charge is 2.47. The van der Waals surface area contributed by atoms with Crippen molar-refractivity contribution in [2.24, 2.45) is 17.3 Å². The summed E-state index contributed by atoms with van der Waals surface area (Å²) in [4.78, 5) is 0. The van der Waals surface area contributed by atoms with Crippen LogP contribution in [0.25, 0.3) is 0 Å². The summed E-state index contributed by atoms with van der Waals surface area (Å²) in [5.74, 6) is 1.76. The van der Waals surface area contributed by atoms with E-state index in [0.29, 0.717) is 5.41 Å². The van der Waals surface area contributed by atoms with Crippen molar-refractivity contribution in [3.05, 3.63) is 12.2 Å². The molecule has 3 rings (SSSR count). The van der Waals surface area contributed by atoms with Gasteiger partial charge in [-0.3, -0.25) is 0 Å². The number of hydrogen-bond donors (Lipinski definition) is 0. The van der Waals surface area contributed by atoms with Gasteiger partial charge < -0.3 is 0 Å². The molecular weight excluding hydrogens is 108 g/mol. The fourth-order valence-electron chi connectivity index (χ4n) is 2.05. The predicted molar refractivity (Wildman–Crippen MR) is 37.8 cm³/mol. The Hall–Kier alpha value is -0.260. The Kier molecular flexibility index (Phi) is 0.870. The average Bonchev–Trinajstić information content (AvgIpc) is 1.89. The molecule has 0 heteroatoms. The Morgan fingerprint density at radius 3 is 2.56 bits per heavy atom. The molecule has 0 unspecified atom stereocenters. The summed E-state index contributed by atoms with van der Waals surface area (Å²) in [6.45, 7) is 4.73. The first-order valence-electron chi connectivity index (χ1n) is 3.79. The minimum Gasteiger partial charge on any atom is -0.0804 e. The molecule has 0 aromatic rings. The quantitative estimate of drug-likeness (QED) is 0.461. The molecule has 0 aliphatic heterocycles. The van der Waals surface area contributed by atoms with E-state index in [4.69, 9.17) is 0 Å². The maximum Gasteiger partial charge on any atom is -0.0105 e. The fraction of sp³-hybridized carbons (Fsp3) is 0.778. The van der Waals surface area contributed by atoms with Gasteiger partial charge in [0.2, 0.25) is 0 Å². The van der Waals surface area contributed by atoms with Crippen LogP contribution >= 0.6 is 0 Å². The molecule has 2 bridgehead atoms. The van der Waals surface area contributed by atoms with Gasteiger partial charge in [-0.2, -0.15) is 0 Å². The molecule has 2 atom stereocenters. The second kappa shape index (κ2) is 1.42. The van der Waals surface area contributed by atoms with E-state index < -0.39 is 0 Å². The molecule has 0 spiro atoms. The van der Waals surface area contributed by atoms with Gasteiger partial charge in [0, 0.05) is 0 Å². The molecule has 1 radical (unpaired) electrons. The molecule has 0 N–H and O–H groups in total. The molecule has 0 nitrogen and oxygen atoms in total. The van der Waals surface area contributed by atoms with E-state index >= 15 is 0 Å². The van der Waals surface area contributed by atoms with Crippen LogP contribution in [-0.2, 0) is 0 Å². The first-order valence-corrected chi connectivity index (χ1v) is 3.79. The van der Waals surface area contributed by atoms with Crippen molar-refractivity contribution in [2.75, 3.05) is 0 Å². The summed E-state index contributed by atoms with van der Waals surface area (Å²) in [5, 5.41) is 0. The monoisotopic (exact) mass is 121 g/mol. The van der Waals surface area contributed by atoms with Gasteiger partial charge in [-0.15, -0.1) is 0 Å². The van der Waals surface area contributed by atoms with Crippen molar-refractivity contribution < 1.29 is 0 Å². The summed E-state index contributed by atoms with van der Waals surface area (Å²) in [6.07, 6.45) is 8.33. The SMILES string of the molecule is CC1(C)[C@@H]2CC=[C][C@H]1C2. The summed E-state index contributed by atoms with van der Waals surface area (Å²) in [7, 11) is 0. The largest absolute Gasteiger partial charge is 0.0804 e. The molecule has 1 fully saturated rings. The van der Waals surface area contributed by atoms with E-state index in [1.54, 1.807) is 0 Å². The van der Waals surface area contributed by atoms with Gasteiger partial charge in [0.05, 0.1) is 0 Å². The van der Waals surface area contributed by atoms with Crippen LogP contribution in [0.1, 0.15) is 26.7 Å². The molecule has 0 heterocycles. The maximum absolute atomic E-state index is 3.41. The van der Waals surface area contributed by atoms with E-state index in [0.717, 1.165) is 11.8 Å². The van der Waals surface area contributed by atoms with E-state index in [-0.39, 0.29) is 0 Å². The number of fused-ring (bicyclic) bond motifs is 1. The van der Waals surface area contributed by atoms with Crippen LogP contribution in [0.2, 0.25) is 0 Å². The molecule has 0 aromatic heterocycles. The van der Waals surface area contributed by atoms with Crippen LogP contribution in [-0.4, -0.2) is 0 Å². The highest BCUT2D eigenvalue weighted by Crippen LogP contribution is 2.55. The lowest BCUT2D eigenvalue weighted by molar-refractivity contribution is -0.00265. The topological polar surface area (TPSA) is 0 Å². The predicted octanol–water partition coefficient (Wildman–Crippen LogP) is 2.41. The van der Waals surface area contributed by atoms with Crippen molar-refractivity contribution in [3.8, 4) is 0 Å². The zero-order valence-corrected chi connectivity index (χ0v) is 6.15. The highest BCUT2D eigenvalue weighted by atomic mass is 14.5. The molecule has 9 heavy (non-hydrogen) atoms. The van der Waals surface area contributed by atoms with Crippen molar-refractivity contribution in [1.82, 2.24) is 0 Å². The molecule has 49 valence electrons. The van der Waals surface area contributed by atoms with Gasteiger partial charge >= 0.3 is 0 Å². The smallest absolute Gasteiger partial charge is 0.0105 e. The Balaban J connectivity index is 2.27. The number of hydrogen-bond acceptors (Lipinski definition) is 0. The van der Waals surface area contributed by atoms with Crippen LogP contribution in [0.3, 0.4) is 0 Å². The fourth-order valence-corrected chi connectivity index (χ4v) is 2.05. The minimum absolute atomic E-state index is 0.592. The first-order chi connectivity index (χ1) is 4.21. The number of rotatable bonds is 0. The third kappa shape index (κ3) is 0.540. The van der Waals surface area contributed by atoms with Crippen molar-refractivity contribution in [2.45, 2.75) is 26.7 Å². The summed E-state index contributed by atoms with van der Waals surface area (Å²) in [6, 6.07) is 0. The zero-order valence-electron chi connectivity index (χ0n) is 6.15. The lowest BCUT2D eigenvalue weighted by Crippen LogP contribution is -2.45. The highest BCUT2D eigenvalue weighted by molar-refractivity contribution is 5.08. The van der Waals surface area contributed by atoms with Crippen molar-refractivity contribution in [3.63, 3.8) is 0 Å². The standard InChI is InChI=1S/C9H13/c1-9(2)7-4-3-5-8(9)6-7/h3,7-8H,4,6H2,1-2H3/t7-,8+/m1/s1. The molecule has 1 saturated carbocycles. The lowest BCUT2D eigenvalue weighted by atomic mass is 9.51. The van der Waals surface area contributed by atoms with E-state index in [2.05, 4.69) is 26.0 Å². The average molecular weight is 121 g/mol. The van der Waals surface area contributed by atoms with Gasteiger partial charge in [0.1, 0.15) is 0 Å². The molecule has 3 aliphatic rings. The Morgan fingerprint density at radius 1 is 1.56 bits per heavy atom. The second-order valence-electron chi connectivity index (χ2n) is 3.91. The van der Waals surface area contributed by atoms with Gasteiger partial charge in [0.25, 0.3) is 0 Å². The molecule has 3 aliphatic carbocycles. The van der Waals surface area contributed by atoms with Crippen LogP contribution in [0.4, 0.5) is 0 Å². The van der Waals surface area contributed by atoms with Gasteiger partial charge in [0.15, 0.2) is 0 Å². The zero-order chi connectivity index (χ0) is 6.48. The van der Waals surface area contributed by atoms with E-state index in [1.807, 2.05) is 0 Å². The Bertz CT molecular complexity index is 153. The van der Waals surface area contributed by atoms with Crippen molar-refractivity contribution in [1.29, 1.82) is 0 Å². The Morgan fingerprint density at radius 2 is 2.33 bits per heavy atom. The number of allylic oxidation sites excluding steroid dienone is 2. The summed E-state index contributed by atoms with van der Waals surface area (Å²) in [5.41, 5.74) is 0.592. The maximum atomic E-state index is 3.41. The summed E-state index contributed by atoms with van der Waals surface area (Å²) >= 11 is 0. The third-order valence-corrected chi connectivity index (χ3v) is 3.19. The van der Waals surface area contributed by atoms with Gasteiger partial charge in [-0.05, 0) is 36.2 Å². The van der Waals surface area contributed by atoms with Crippen LogP contribution in [0.5, 0.6) is 0 Å². The minimum atomic E-state index is 0.592. The molecule has 0 amide bonds. The summed E-state index contributed by atoms with van der Waals surface area (Å²) < 4.78 is 0. The van der Waals surface area contributed by atoms with E-state index in [9.17, 15) is 0 Å². The van der Waals surface area contributed by atoms with Crippen LogP contribution in [0.15, 0.2) is 6.08 Å². The molecular formula is C9H13.